The highest BCUT2D eigenvalue weighted by molar-refractivity contribution is 5.42. The Morgan fingerprint density at radius 2 is 1.89 bits per heavy atom. The van der Waals surface area contributed by atoms with Crippen molar-refractivity contribution in [3.05, 3.63) is 65.0 Å². The van der Waals surface area contributed by atoms with E-state index in [1.54, 1.807) is 11.0 Å². The number of nitrogens with zero attached hydrogens (tertiary/aromatic N) is 4. The minimum absolute atomic E-state index is 0.0977. The smallest absolute Gasteiger partial charge is 0.143 e. The van der Waals surface area contributed by atoms with Gasteiger partial charge in [0.25, 0.3) is 0 Å². The van der Waals surface area contributed by atoms with Crippen LogP contribution in [0.4, 0.5) is 0 Å². The Morgan fingerprint density at radius 1 is 1.14 bits per heavy atom. The second-order valence-corrected chi connectivity index (χ2v) is 7.15. The fraction of sp³-hybridized carbons (Fsp3) is 0.381. The fourth-order valence-corrected chi connectivity index (χ4v) is 3.02. The molecule has 2 N–H and O–H groups in total. The number of aryl methyl sites for hydroxylation is 2. The molecule has 1 heterocycles. The van der Waals surface area contributed by atoms with Crippen LogP contribution in [0.5, 0.6) is 5.75 Å². The normalized spacial score (nSPS) is 13.3. The van der Waals surface area contributed by atoms with Gasteiger partial charge in [0.05, 0.1) is 5.69 Å². The van der Waals surface area contributed by atoms with E-state index in [2.05, 4.69) is 40.8 Å². The molecule has 28 heavy (non-hydrogen) atoms. The molecule has 1 aromatic heterocycles. The van der Waals surface area contributed by atoms with Crippen molar-refractivity contribution in [2.45, 2.75) is 39.8 Å². The van der Waals surface area contributed by atoms with Gasteiger partial charge in [0.2, 0.25) is 0 Å². The third kappa shape index (κ3) is 4.94. The maximum Gasteiger partial charge on any atom is 0.143 e. The molecule has 0 aliphatic heterocycles. The van der Waals surface area contributed by atoms with Crippen LogP contribution in [0, 0.1) is 20.8 Å². The zero-order chi connectivity index (χ0) is 20.1. The third-order valence-electron chi connectivity index (χ3n) is 4.86. The number of ether oxygens (including phenoxy) is 1. The quantitative estimate of drug-likeness (QED) is 0.624. The number of hydrogen-bond acceptors (Lipinski definition) is 6. The standard InChI is InChI=1S/C21H27N5O2/c1-14-9-15(2)16(3)21(10-14)28-12-20(27)11-22-17(4)18-5-7-19(8-6-18)26-13-23-24-25-26/h5-10,13,17,20,22,27H,11-12H2,1-4H3. The molecule has 7 heteroatoms. The lowest BCUT2D eigenvalue weighted by Crippen LogP contribution is -2.33. The van der Waals surface area contributed by atoms with Crippen LogP contribution in [-0.2, 0) is 0 Å². The van der Waals surface area contributed by atoms with Gasteiger partial charge in [-0.1, -0.05) is 18.2 Å². The molecular weight excluding hydrogens is 354 g/mol. The van der Waals surface area contributed by atoms with Gasteiger partial charge >= 0.3 is 0 Å². The molecule has 2 unspecified atom stereocenters. The number of aliphatic hydroxyl groups excluding tert-OH is 1. The molecule has 0 saturated heterocycles. The Balaban J connectivity index is 1.49. The molecule has 0 aliphatic carbocycles. The summed E-state index contributed by atoms with van der Waals surface area (Å²) in [7, 11) is 0. The van der Waals surface area contributed by atoms with E-state index in [1.165, 1.54) is 5.56 Å². The van der Waals surface area contributed by atoms with E-state index in [9.17, 15) is 5.11 Å². The first-order valence-electron chi connectivity index (χ1n) is 9.39. The number of tetrazole rings is 1. The molecule has 0 bridgehead atoms. The van der Waals surface area contributed by atoms with Gasteiger partial charge in [-0.05, 0) is 78.6 Å². The largest absolute Gasteiger partial charge is 0.491 e. The van der Waals surface area contributed by atoms with Gasteiger partial charge in [0.15, 0.2) is 0 Å². The Morgan fingerprint density at radius 3 is 2.57 bits per heavy atom. The van der Waals surface area contributed by atoms with Gasteiger partial charge in [-0.25, -0.2) is 4.68 Å². The molecule has 0 amide bonds. The predicted molar refractivity (Wildman–Crippen MR) is 108 cm³/mol. The summed E-state index contributed by atoms with van der Waals surface area (Å²) in [6.45, 7) is 8.91. The summed E-state index contributed by atoms with van der Waals surface area (Å²) in [5.74, 6) is 0.836. The molecular formula is C21H27N5O2. The molecule has 7 nitrogen and oxygen atoms in total. The first-order valence-corrected chi connectivity index (χ1v) is 9.39. The van der Waals surface area contributed by atoms with Crippen molar-refractivity contribution in [1.29, 1.82) is 0 Å². The van der Waals surface area contributed by atoms with Crippen LogP contribution in [0.25, 0.3) is 5.69 Å². The van der Waals surface area contributed by atoms with Gasteiger partial charge in [-0.2, -0.15) is 0 Å². The van der Waals surface area contributed by atoms with Gasteiger partial charge in [-0.15, -0.1) is 5.10 Å². The number of benzene rings is 2. The zero-order valence-corrected chi connectivity index (χ0v) is 16.8. The molecule has 3 aromatic rings. The monoisotopic (exact) mass is 381 g/mol. The summed E-state index contributed by atoms with van der Waals surface area (Å²) in [6, 6.07) is 12.2. The summed E-state index contributed by atoms with van der Waals surface area (Å²) >= 11 is 0. The minimum atomic E-state index is -0.594. The lowest BCUT2D eigenvalue weighted by molar-refractivity contribution is 0.104. The summed E-state index contributed by atoms with van der Waals surface area (Å²) in [5, 5.41) is 24.8. The molecule has 3 rings (SSSR count). The second kappa shape index (κ2) is 8.95. The zero-order valence-electron chi connectivity index (χ0n) is 16.8. The van der Waals surface area contributed by atoms with Crippen molar-refractivity contribution in [1.82, 2.24) is 25.5 Å². The Bertz CT molecular complexity index is 894. The number of rotatable bonds is 8. The SMILES string of the molecule is Cc1cc(C)c(C)c(OCC(O)CNC(C)c2ccc(-n3cnnn3)cc2)c1. The maximum atomic E-state index is 10.3. The predicted octanol–water partition coefficient (Wildman–Crippen LogP) is 2.68. The first-order chi connectivity index (χ1) is 13.4. The topological polar surface area (TPSA) is 85.1 Å². The van der Waals surface area contributed by atoms with Crippen LogP contribution in [-0.4, -0.2) is 44.6 Å². The number of aliphatic hydroxyl groups is 1. The third-order valence-corrected chi connectivity index (χ3v) is 4.86. The molecule has 0 spiro atoms. The average Bonchev–Trinajstić information content (AvgIpc) is 3.22. The Kier molecular flexibility index (Phi) is 6.38. The first kappa shape index (κ1) is 20.0. The molecule has 148 valence electrons. The summed E-state index contributed by atoms with van der Waals surface area (Å²) < 4.78 is 7.45. The number of nitrogens with one attached hydrogen (secondary N) is 1. The number of hydrogen-bond donors (Lipinski definition) is 2. The fourth-order valence-electron chi connectivity index (χ4n) is 3.02. The summed E-state index contributed by atoms with van der Waals surface area (Å²) in [6.07, 6.45) is 0.966. The van der Waals surface area contributed by atoms with Gasteiger partial charge in [-0.3, -0.25) is 0 Å². The second-order valence-electron chi connectivity index (χ2n) is 7.15. The average molecular weight is 381 g/mol. The highest BCUT2D eigenvalue weighted by Gasteiger charge is 2.11. The van der Waals surface area contributed by atoms with Gasteiger partial charge in [0, 0.05) is 12.6 Å². The van der Waals surface area contributed by atoms with E-state index in [4.69, 9.17) is 4.74 Å². The maximum absolute atomic E-state index is 10.3. The van der Waals surface area contributed by atoms with Crippen molar-refractivity contribution in [3.63, 3.8) is 0 Å². The van der Waals surface area contributed by atoms with Crippen molar-refractivity contribution in [2.75, 3.05) is 13.2 Å². The van der Waals surface area contributed by atoms with Crippen LogP contribution in [0.15, 0.2) is 42.7 Å². The van der Waals surface area contributed by atoms with Crippen molar-refractivity contribution < 1.29 is 9.84 Å². The lowest BCUT2D eigenvalue weighted by Gasteiger charge is -2.19. The highest BCUT2D eigenvalue weighted by atomic mass is 16.5. The molecule has 0 radical (unpaired) electrons. The van der Waals surface area contributed by atoms with Crippen LogP contribution < -0.4 is 10.1 Å². The molecule has 2 aromatic carbocycles. The van der Waals surface area contributed by atoms with E-state index < -0.39 is 6.10 Å². The summed E-state index contributed by atoms with van der Waals surface area (Å²) in [5.41, 5.74) is 5.49. The van der Waals surface area contributed by atoms with E-state index in [1.807, 2.05) is 44.2 Å². The molecule has 0 fully saturated rings. The molecule has 0 aliphatic rings. The molecule has 0 saturated carbocycles. The highest BCUT2D eigenvalue weighted by Crippen LogP contribution is 2.23. The van der Waals surface area contributed by atoms with E-state index >= 15 is 0 Å². The summed E-state index contributed by atoms with van der Waals surface area (Å²) in [4.78, 5) is 0. The van der Waals surface area contributed by atoms with Gasteiger partial charge in [0.1, 0.15) is 24.8 Å². The van der Waals surface area contributed by atoms with Crippen LogP contribution >= 0.6 is 0 Å². The molecule has 2 atom stereocenters. The van der Waals surface area contributed by atoms with Crippen LogP contribution in [0.1, 0.15) is 35.2 Å². The number of aromatic nitrogens is 4. The van der Waals surface area contributed by atoms with Gasteiger partial charge < -0.3 is 15.2 Å². The van der Waals surface area contributed by atoms with Crippen LogP contribution in [0.2, 0.25) is 0 Å². The lowest BCUT2D eigenvalue weighted by atomic mass is 10.1. The van der Waals surface area contributed by atoms with Crippen molar-refractivity contribution >= 4 is 0 Å². The minimum Gasteiger partial charge on any atom is -0.491 e. The Hall–Kier alpha value is -2.77. The van der Waals surface area contributed by atoms with E-state index in [0.29, 0.717) is 6.54 Å². The van der Waals surface area contributed by atoms with Crippen molar-refractivity contribution in [2.24, 2.45) is 0 Å². The van der Waals surface area contributed by atoms with E-state index in [-0.39, 0.29) is 12.6 Å². The van der Waals surface area contributed by atoms with E-state index in [0.717, 1.165) is 28.1 Å². The Labute approximate surface area is 165 Å². The van der Waals surface area contributed by atoms with Crippen molar-refractivity contribution in [3.8, 4) is 11.4 Å². The van der Waals surface area contributed by atoms with Crippen LogP contribution in [0.3, 0.4) is 0 Å².